The minimum absolute atomic E-state index is 0.130. The highest BCUT2D eigenvalue weighted by molar-refractivity contribution is 9.10. The number of hydrogen-bond donors (Lipinski definition) is 2. The number of nitrogens with two attached hydrogens (primary N) is 1. The Labute approximate surface area is 115 Å². The number of hydrogen-bond acceptors (Lipinski definition) is 4. The summed E-state index contributed by atoms with van der Waals surface area (Å²) in [4.78, 5) is 13.3. The summed E-state index contributed by atoms with van der Waals surface area (Å²) in [5.74, 6) is -0.130. The van der Waals surface area contributed by atoms with Crippen LogP contribution in [-0.4, -0.2) is 26.0 Å². The molecular formula is C12H15BrN4O. The summed E-state index contributed by atoms with van der Waals surface area (Å²) in [6, 6.07) is 7.48. The number of carbonyl (C=O) groups excluding carboxylic acids is 1. The van der Waals surface area contributed by atoms with E-state index in [1.165, 1.54) is 0 Å². The maximum atomic E-state index is 11.6. The zero-order valence-corrected chi connectivity index (χ0v) is 11.7. The molecule has 0 fully saturated rings. The van der Waals surface area contributed by atoms with Crippen LogP contribution >= 0.6 is 15.9 Å². The minimum atomic E-state index is -0.130. The van der Waals surface area contributed by atoms with E-state index in [9.17, 15) is 4.79 Å². The van der Waals surface area contributed by atoms with Crippen LogP contribution in [0.5, 0.6) is 0 Å². The normalized spacial score (nSPS) is 9.61. The summed E-state index contributed by atoms with van der Waals surface area (Å²) in [5.41, 5.74) is 7.28. The average Bonchev–Trinajstić information content (AvgIpc) is 2.28. The first-order valence-electron chi connectivity index (χ1n) is 5.44. The summed E-state index contributed by atoms with van der Waals surface area (Å²) in [6.07, 6.45) is 0.315. The third kappa shape index (κ3) is 4.26. The van der Waals surface area contributed by atoms with Crippen molar-refractivity contribution in [2.75, 3.05) is 30.8 Å². The van der Waals surface area contributed by atoms with Crippen LogP contribution in [-0.2, 0) is 4.79 Å². The van der Waals surface area contributed by atoms with Gasteiger partial charge in [-0.15, -0.1) is 0 Å². The van der Waals surface area contributed by atoms with E-state index in [0.717, 1.165) is 10.2 Å². The molecule has 0 saturated carbocycles. The quantitative estimate of drug-likeness (QED) is 0.638. The van der Waals surface area contributed by atoms with Crippen LogP contribution in [0.4, 0.5) is 11.4 Å². The van der Waals surface area contributed by atoms with Gasteiger partial charge in [0.25, 0.3) is 0 Å². The van der Waals surface area contributed by atoms with Crippen molar-refractivity contribution >= 4 is 33.2 Å². The van der Waals surface area contributed by atoms with Crippen molar-refractivity contribution in [3.05, 3.63) is 22.7 Å². The second-order valence-corrected chi connectivity index (χ2v) is 4.73. The number of benzene rings is 1. The predicted octanol–water partition coefficient (Wildman–Crippen LogP) is 1.50. The number of nitrogens with one attached hydrogen (secondary N) is 1. The van der Waals surface area contributed by atoms with Crippen LogP contribution in [0.15, 0.2) is 22.7 Å². The van der Waals surface area contributed by atoms with E-state index in [2.05, 4.69) is 21.2 Å². The number of carbonyl (C=O) groups is 1. The molecule has 1 aromatic carbocycles. The van der Waals surface area contributed by atoms with E-state index in [-0.39, 0.29) is 12.5 Å². The number of nitrogens with zero attached hydrogens (tertiary/aromatic N) is 2. The van der Waals surface area contributed by atoms with Gasteiger partial charge in [-0.3, -0.25) is 4.79 Å². The third-order valence-electron chi connectivity index (χ3n) is 2.34. The van der Waals surface area contributed by atoms with E-state index in [1.54, 1.807) is 18.0 Å². The Morgan fingerprint density at radius 3 is 2.94 bits per heavy atom. The van der Waals surface area contributed by atoms with Gasteiger partial charge < -0.3 is 16.0 Å². The van der Waals surface area contributed by atoms with Crippen molar-refractivity contribution in [3.8, 4) is 6.07 Å². The first-order valence-corrected chi connectivity index (χ1v) is 6.23. The lowest BCUT2D eigenvalue weighted by atomic mass is 10.2. The lowest BCUT2D eigenvalue weighted by molar-refractivity contribution is -0.119. The van der Waals surface area contributed by atoms with Gasteiger partial charge in [0.2, 0.25) is 5.91 Å². The van der Waals surface area contributed by atoms with E-state index in [0.29, 0.717) is 18.7 Å². The number of amides is 1. The third-order valence-corrected chi connectivity index (χ3v) is 2.83. The monoisotopic (exact) mass is 310 g/mol. The van der Waals surface area contributed by atoms with Gasteiger partial charge in [-0.25, -0.2) is 0 Å². The zero-order valence-electron chi connectivity index (χ0n) is 10.1. The molecule has 18 heavy (non-hydrogen) atoms. The molecule has 5 nitrogen and oxygen atoms in total. The Morgan fingerprint density at radius 1 is 1.61 bits per heavy atom. The number of nitrogen functional groups attached to an aromatic ring is 1. The van der Waals surface area contributed by atoms with Crippen LogP contribution in [0.2, 0.25) is 0 Å². The largest absolute Gasteiger partial charge is 0.397 e. The van der Waals surface area contributed by atoms with Gasteiger partial charge in [-0.05, 0) is 18.2 Å². The second-order valence-electron chi connectivity index (χ2n) is 3.82. The van der Waals surface area contributed by atoms with E-state index < -0.39 is 0 Å². The Hall–Kier alpha value is -1.74. The van der Waals surface area contributed by atoms with Gasteiger partial charge in [0.1, 0.15) is 0 Å². The molecule has 1 amide bonds. The summed E-state index contributed by atoms with van der Waals surface area (Å²) >= 11 is 3.33. The van der Waals surface area contributed by atoms with Crippen LogP contribution in [0.25, 0.3) is 0 Å². The first-order chi connectivity index (χ1) is 8.54. The van der Waals surface area contributed by atoms with Gasteiger partial charge in [-0.2, -0.15) is 5.26 Å². The number of nitriles is 1. The molecule has 0 heterocycles. The Balaban J connectivity index is 2.57. The molecule has 0 aliphatic rings. The standard InChI is InChI=1S/C12H15BrN4O/c1-17(8-12(18)16-6-2-5-14)11-4-3-9(13)7-10(11)15/h3-4,7H,2,6,8,15H2,1H3,(H,16,18). The maximum absolute atomic E-state index is 11.6. The average molecular weight is 311 g/mol. The highest BCUT2D eigenvalue weighted by atomic mass is 79.9. The molecule has 6 heteroatoms. The van der Waals surface area contributed by atoms with Gasteiger partial charge in [0.15, 0.2) is 0 Å². The topological polar surface area (TPSA) is 82.2 Å². The van der Waals surface area contributed by atoms with Crippen molar-refractivity contribution in [1.82, 2.24) is 5.32 Å². The Kier molecular flexibility index (Phi) is 5.46. The molecule has 96 valence electrons. The number of rotatable bonds is 5. The molecule has 3 N–H and O–H groups in total. The highest BCUT2D eigenvalue weighted by Crippen LogP contribution is 2.25. The summed E-state index contributed by atoms with van der Waals surface area (Å²) in [6.45, 7) is 0.580. The molecule has 0 unspecified atom stereocenters. The number of likely N-dealkylation sites (N-methyl/N-ethyl adjacent to an activating group) is 1. The first kappa shape index (κ1) is 14.3. The van der Waals surface area contributed by atoms with Crippen molar-refractivity contribution in [1.29, 1.82) is 5.26 Å². The van der Waals surface area contributed by atoms with Gasteiger partial charge >= 0.3 is 0 Å². The Bertz CT molecular complexity index is 470. The van der Waals surface area contributed by atoms with Crippen molar-refractivity contribution < 1.29 is 4.79 Å². The van der Waals surface area contributed by atoms with Gasteiger partial charge in [-0.1, -0.05) is 15.9 Å². The van der Waals surface area contributed by atoms with Gasteiger partial charge in [0.05, 0.1) is 30.4 Å². The minimum Gasteiger partial charge on any atom is -0.397 e. The lowest BCUT2D eigenvalue weighted by Gasteiger charge is -2.20. The summed E-state index contributed by atoms with van der Waals surface area (Å²) < 4.78 is 0.899. The molecule has 1 rings (SSSR count). The molecule has 0 spiro atoms. The van der Waals surface area contributed by atoms with E-state index >= 15 is 0 Å². The predicted molar refractivity (Wildman–Crippen MR) is 75.1 cm³/mol. The zero-order chi connectivity index (χ0) is 13.5. The smallest absolute Gasteiger partial charge is 0.239 e. The number of halogens is 1. The van der Waals surface area contributed by atoms with Crippen LogP contribution in [0, 0.1) is 11.3 Å². The Morgan fingerprint density at radius 2 is 2.33 bits per heavy atom. The van der Waals surface area contributed by atoms with E-state index in [1.807, 2.05) is 18.2 Å². The van der Waals surface area contributed by atoms with Crippen molar-refractivity contribution in [2.24, 2.45) is 0 Å². The SMILES string of the molecule is CN(CC(=O)NCCC#N)c1ccc(Br)cc1N. The fourth-order valence-electron chi connectivity index (χ4n) is 1.49. The van der Waals surface area contributed by atoms with Crippen LogP contribution in [0.3, 0.4) is 0 Å². The molecule has 0 atom stereocenters. The maximum Gasteiger partial charge on any atom is 0.239 e. The molecular weight excluding hydrogens is 296 g/mol. The molecule has 0 radical (unpaired) electrons. The van der Waals surface area contributed by atoms with Crippen molar-refractivity contribution in [2.45, 2.75) is 6.42 Å². The highest BCUT2D eigenvalue weighted by Gasteiger charge is 2.09. The fraction of sp³-hybridized carbons (Fsp3) is 0.333. The van der Waals surface area contributed by atoms with Crippen LogP contribution < -0.4 is 16.0 Å². The molecule has 0 aromatic heterocycles. The molecule has 1 aromatic rings. The van der Waals surface area contributed by atoms with Crippen LogP contribution in [0.1, 0.15) is 6.42 Å². The lowest BCUT2D eigenvalue weighted by Crippen LogP contribution is -2.35. The number of anilines is 2. The molecule has 0 aliphatic heterocycles. The van der Waals surface area contributed by atoms with Gasteiger partial charge in [0, 0.05) is 18.1 Å². The summed E-state index contributed by atoms with van der Waals surface area (Å²) in [7, 11) is 1.80. The fourth-order valence-corrected chi connectivity index (χ4v) is 1.87. The molecule has 0 bridgehead atoms. The second kappa shape index (κ2) is 6.87. The summed E-state index contributed by atoms with van der Waals surface area (Å²) in [5, 5.41) is 11.0. The molecule has 0 saturated heterocycles. The van der Waals surface area contributed by atoms with E-state index in [4.69, 9.17) is 11.0 Å². The molecule has 0 aliphatic carbocycles. The van der Waals surface area contributed by atoms with Crippen molar-refractivity contribution in [3.63, 3.8) is 0 Å².